The lowest BCUT2D eigenvalue weighted by Crippen LogP contribution is -2.56. The van der Waals surface area contributed by atoms with Gasteiger partial charge in [-0.2, -0.15) is 0 Å². The van der Waals surface area contributed by atoms with Crippen LogP contribution in [0.1, 0.15) is 34.6 Å². The highest BCUT2D eigenvalue weighted by Crippen LogP contribution is 2.07. The fourth-order valence-corrected chi connectivity index (χ4v) is 1.49. The van der Waals surface area contributed by atoms with Gasteiger partial charge in [-0.25, -0.2) is 9.59 Å². The van der Waals surface area contributed by atoms with E-state index in [2.05, 4.69) is 15.4 Å². The molecule has 23 heavy (non-hydrogen) atoms. The molecule has 0 radical (unpaired) electrons. The SMILES string of the molecule is COC(=O)[C@@H](O)C(NC(=O)[C@@H](C)NC(=O)OC(C)(C)C)C(C)=O. The average Bonchev–Trinajstić information content (AvgIpc) is 2.39. The first-order valence-electron chi connectivity index (χ1n) is 6.95. The molecule has 0 heterocycles. The van der Waals surface area contributed by atoms with Gasteiger partial charge in [-0.3, -0.25) is 9.59 Å². The highest BCUT2D eigenvalue weighted by atomic mass is 16.6. The number of aliphatic hydroxyl groups excluding tert-OH is 1. The van der Waals surface area contributed by atoms with Gasteiger partial charge < -0.3 is 25.2 Å². The number of ether oxygens (including phenoxy) is 2. The highest BCUT2D eigenvalue weighted by molar-refractivity contribution is 5.94. The second kappa shape index (κ2) is 8.47. The summed E-state index contributed by atoms with van der Waals surface area (Å²) in [6, 6.07) is -2.52. The van der Waals surface area contributed by atoms with E-state index >= 15 is 0 Å². The first-order valence-corrected chi connectivity index (χ1v) is 6.95. The number of methoxy groups -OCH3 is 1. The molecule has 2 amide bonds. The molecule has 0 aliphatic heterocycles. The lowest BCUT2D eigenvalue weighted by molar-refractivity contribution is -0.154. The zero-order valence-corrected chi connectivity index (χ0v) is 14.1. The number of carbonyl (C=O) groups is 4. The van der Waals surface area contributed by atoms with Crippen LogP contribution in [0, 0.1) is 0 Å². The van der Waals surface area contributed by atoms with Crippen LogP contribution in [0.3, 0.4) is 0 Å². The normalized spacial score (nSPS) is 14.9. The summed E-state index contributed by atoms with van der Waals surface area (Å²) in [5, 5.41) is 14.2. The van der Waals surface area contributed by atoms with Gasteiger partial charge >= 0.3 is 12.1 Å². The van der Waals surface area contributed by atoms with E-state index in [4.69, 9.17) is 4.74 Å². The molecule has 1 unspecified atom stereocenters. The Kier molecular flexibility index (Phi) is 7.67. The summed E-state index contributed by atoms with van der Waals surface area (Å²) < 4.78 is 9.32. The smallest absolute Gasteiger partial charge is 0.408 e. The third-order valence-corrected chi connectivity index (χ3v) is 2.62. The Bertz CT molecular complexity index is 470. The summed E-state index contributed by atoms with van der Waals surface area (Å²) in [5.74, 6) is -2.46. The Balaban J connectivity index is 4.78. The van der Waals surface area contributed by atoms with Gasteiger partial charge in [-0.1, -0.05) is 0 Å². The van der Waals surface area contributed by atoms with E-state index < -0.39 is 47.5 Å². The van der Waals surface area contributed by atoms with Crippen LogP contribution in [-0.2, 0) is 23.9 Å². The van der Waals surface area contributed by atoms with Crippen molar-refractivity contribution in [1.29, 1.82) is 0 Å². The van der Waals surface area contributed by atoms with Gasteiger partial charge in [0.15, 0.2) is 11.9 Å². The Labute approximate surface area is 134 Å². The second-order valence-corrected chi connectivity index (χ2v) is 5.93. The van der Waals surface area contributed by atoms with Crippen LogP contribution in [0.4, 0.5) is 4.79 Å². The van der Waals surface area contributed by atoms with E-state index in [1.807, 2.05) is 0 Å². The topological polar surface area (TPSA) is 131 Å². The van der Waals surface area contributed by atoms with E-state index in [0.717, 1.165) is 14.0 Å². The molecular weight excluding hydrogens is 308 g/mol. The molecule has 0 aromatic heterocycles. The summed E-state index contributed by atoms with van der Waals surface area (Å²) in [6.45, 7) is 7.45. The van der Waals surface area contributed by atoms with Gasteiger partial charge in [-0.15, -0.1) is 0 Å². The minimum Gasteiger partial charge on any atom is -0.467 e. The van der Waals surface area contributed by atoms with E-state index in [1.54, 1.807) is 20.8 Å². The van der Waals surface area contributed by atoms with Crippen molar-refractivity contribution < 1.29 is 33.8 Å². The Morgan fingerprint density at radius 1 is 1.09 bits per heavy atom. The summed E-state index contributed by atoms with van der Waals surface area (Å²) in [7, 11) is 1.04. The van der Waals surface area contributed by atoms with Crippen LogP contribution in [-0.4, -0.2) is 59.8 Å². The molecule has 0 spiro atoms. The van der Waals surface area contributed by atoms with Crippen molar-refractivity contribution in [2.24, 2.45) is 0 Å². The molecule has 9 heteroatoms. The number of aliphatic hydroxyl groups is 1. The monoisotopic (exact) mass is 332 g/mol. The zero-order chi connectivity index (χ0) is 18.4. The largest absolute Gasteiger partial charge is 0.467 e. The van der Waals surface area contributed by atoms with Crippen LogP contribution in [0.2, 0.25) is 0 Å². The first-order chi connectivity index (χ1) is 10.4. The molecule has 0 rings (SSSR count). The molecule has 0 saturated carbocycles. The molecule has 0 fully saturated rings. The molecule has 0 saturated heterocycles. The number of ketones is 1. The average molecular weight is 332 g/mol. The van der Waals surface area contributed by atoms with E-state index in [0.29, 0.717) is 0 Å². The maximum absolute atomic E-state index is 12.0. The van der Waals surface area contributed by atoms with Crippen molar-refractivity contribution in [3.05, 3.63) is 0 Å². The number of hydrogen-bond acceptors (Lipinski definition) is 7. The van der Waals surface area contributed by atoms with Gasteiger partial charge in [0.05, 0.1) is 7.11 Å². The van der Waals surface area contributed by atoms with E-state index in [1.165, 1.54) is 6.92 Å². The van der Waals surface area contributed by atoms with Crippen LogP contribution >= 0.6 is 0 Å². The van der Waals surface area contributed by atoms with Gasteiger partial charge in [0.1, 0.15) is 17.7 Å². The molecule has 0 bridgehead atoms. The number of nitrogens with one attached hydrogen (secondary N) is 2. The van der Waals surface area contributed by atoms with Gasteiger partial charge in [-0.05, 0) is 34.6 Å². The molecule has 132 valence electrons. The number of alkyl carbamates (subject to hydrolysis) is 1. The van der Waals surface area contributed by atoms with Crippen molar-refractivity contribution in [2.45, 2.75) is 58.4 Å². The fraction of sp³-hybridized carbons (Fsp3) is 0.714. The first kappa shape index (κ1) is 20.8. The molecule has 3 atom stereocenters. The van der Waals surface area contributed by atoms with Crippen molar-refractivity contribution in [1.82, 2.24) is 10.6 Å². The van der Waals surface area contributed by atoms with Crippen molar-refractivity contribution in [2.75, 3.05) is 7.11 Å². The van der Waals surface area contributed by atoms with Crippen LogP contribution in [0.15, 0.2) is 0 Å². The van der Waals surface area contributed by atoms with Crippen LogP contribution in [0.5, 0.6) is 0 Å². The Hall–Kier alpha value is -2.16. The lowest BCUT2D eigenvalue weighted by atomic mass is 10.1. The second-order valence-electron chi connectivity index (χ2n) is 5.93. The lowest BCUT2D eigenvalue weighted by Gasteiger charge is -2.24. The van der Waals surface area contributed by atoms with Crippen molar-refractivity contribution >= 4 is 23.8 Å². The van der Waals surface area contributed by atoms with Crippen LogP contribution in [0.25, 0.3) is 0 Å². The quantitative estimate of drug-likeness (QED) is 0.559. The predicted octanol–water partition coefficient (Wildman–Crippen LogP) is -0.493. The van der Waals surface area contributed by atoms with Gasteiger partial charge in [0.25, 0.3) is 0 Å². The number of hydrogen-bond donors (Lipinski definition) is 3. The number of rotatable bonds is 6. The van der Waals surface area contributed by atoms with E-state index in [9.17, 15) is 24.3 Å². The summed E-state index contributed by atoms with van der Waals surface area (Å²) in [5.41, 5.74) is -0.733. The minimum atomic E-state index is -1.84. The molecular formula is C14H24N2O7. The predicted molar refractivity (Wildman–Crippen MR) is 79.5 cm³/mol. The molecule has 0 aromatic carbocycles. The maximum Gasteiger partial charge on any atom is 0.408 e. The van der Waals surface area contributed by atoms with Gasteiger partial charge in [0, 0.05) is 0 Å². The number of carbonyl (C=O) groups excluding carboxylic acids is 4. The molecule has 9 nitrogen and oxygen atoms in total. The third kappa shape index (κ3) is 7.59. The molecule has 0 aliphatic rings. The zero-order valence-electron chi connectivity index (χ0n) is 14.1. The molecule has 0 aromatic rings. The number of Topliss-reactive ketones (excluding diaryl/α,β-unsaturated/α-hetero) is 1. The Morgan fingerprint density at radius 2 is 1.61 bits per heavy atom. The van der Waals surface area contributed by atoms with Gasteiger partial charge in [0.2, 0.25) is 5.91 Å². The third-order valence-electron chi connectivity index (χ3n) is 2.62. The van der Waals surface area contributed by atoms with Crippen LogP contribution < -0.4 is 10.6 Å². The number of esters is 1. The fourth-order valence-electron chi connectivity index (χ4n) is 1.49. The van der Waals surface area contributed by atoms with Crippen molar-refractivity contribution in [3.8, 4) is 0 Å². The summed E-state index contributed by atoms with van der Waals surface area (Å²) >= 11 is 0. The highest BCUT2D eigenvalue weighted by Gasteiger charge is 2.33. The van der Waals surface area contributed by atoms with E-state index in [-0.39, 0.29) is 0 Å². The summed E-state index contributed by atoms with van der Waals surface area (Å²) in [6.07, 6.45) is -2.65. The minimum absolute atomic E-state index is 0.638. The molecule has 0 aliphatic carbocycles. The standard InChI is InChI=1S/C14H24N2O7/c1-7(15-13(21)23-14(3,4)5)11(19)16-9(8(2)17)10(18)12(20)22-6/h7,9-10,18H,1-6H3,(H,15,21)(H,16,19)/t7-,9?,10+/m1/s1. The summed E-state index contributed by atoms with van der Waals surface area (Å²) in [4.78, 5) is 46.3. The number of amides is 2. The molecule has 3 N–H and O–H groups in total. The maximum atomic E-state index is 12.0. The Morgan fingerprint density at radius 3 is 2.00 bits per heavy atom. The van der Waals surface area contributed by atoms with Crippen molar-refractivity contribution in [3.63, 3.8) is 0 Å².